The molecule has 1 aromatic heterocycles. The second-order valence-electron chi connectivity index (χ2n) is 5.37. The molecule has 0 bridgehead atoms. The number of aromatic nitrogens is 2. The fraction of sp³-hybridized carbons (Fsp3) is 0.769. The van der Waals surface area contributed by atoms with E-state index < -0.39 is 0 Å². The number of anilines is 1. The molecule has 0 radical (unpaired) electrons. The Morgan fingerprint density at radius 1 is 1.55 bits per heavy atom. The lowest BCUT2D eigenvalue weighted by Crippen LogP contribution is -2.40. The lowest BCUT2D eigenvalue weighted by atomic mass is 9.84. The number of nitro groups is 1. The van der Waals surface area contributed by atoms with E-state index in [1.165, 1.54) is 19.3 Å². The van der Waals surface area contributed by atoms with Gasteiger partial charge in [0.25, 0.3) is 0 Å². The van der Waals surface area contributed by atoms with Gasteiger partial charge in [0.05, 0.1) is 4.92 Å². The highest BCUT2D eigenvalue weighted by Gasteiger charge is 2.37. The molecule has 6 nitrogen and oxygen atoms in total. The van der Waals surface area contributed by atoms with E-state index in [9.17, 15) is 10.1 Å². The lowest BCUT2D eigenvalue weighted by Gasteiger charge is -2.40. The molecule has 1 saturated carbocycles. The van der Waals surface area contributed by atoms with Gasteiger partial charge in [0, 0.05) is 18.3 Å². The van der Waals surface area contributed by atoms with Gasteiger partial charge < -0.3 is 5.32 Å². The standard InChI is InChI=1S/C13H22N4O2S/c1-4-6-10-11(17(18)19)12(16(2)15-10)14-9-13(20-3)7-5-8-13/h14H,4-9H2,1-3H3. The van der Waals surface area contributed by atoms with E-state index >= 15 is 0 Å². The molecule has 0 unspecified atom stereocenters. The van der Waals surface area contributed by atoms with Gasteiger partial charge in [-0.3, -0.25) is 10.1 Å². The Hall–Kier alpha value is -1.24. The van der Waals surface area contributed by atoms with Crippen molar-refractivity contribution in [3.8, 4) is 0 Å². The Labute approximate surface area is 123 Å². The van der Waals surface area contributed by atoms with Gasteiger partial charge in [0.2, 0.25) is 5.82 Å². The van der Waals surface area contributed by atoms with Crippen molar-refractivity contribution in [2.75, 3.05) is 18.1 Å². The molecule has 1 aliphatic rings. The van der Waals surface area contributed by atoms with Crippen LogP contribution in [0.2, 0.25) is 0 Å². The summed E-state index contributed by atoms with van der Waals surface area (Å²) in [6.07, 6.45) is 7.20. The molecule has 0 atom stereocenters. The fourth-order valence-corrected chi connectivity index (χ4v) is 3.55. The normalized spacial score (nSPS) is 16.8. The third-order valence-corrected chi connectivity index (χ3v) is 5.46. The second-order valence-corrected chi connectivity index (χ2v) is 6.64. The van der Waals surface area contributed by atoms with Gasteiger partial charge in [0.15, 0.2) is 0 Å². The quantitative estimate of drug-likeness (QED) is 0.619. The number of thioether (sulfide) groups is 1. The van der Waals surface area contributed by atoms with Crippen LogP contribution in [0.25, 0.3) is 0 Å². The summed E-state index contributed by atoms with van der Waals surface area (Å²) in [5.41, 5.74) is 0.722. The fourth-order valence-electron chi connectivity index (χ4n) is 2.63. The van der Waals surface area contributed by atoms with E-state index in [0.29, 0.717) is 17.9 Å². The summed E-state index contributed by atoms with van der Waals surface area (Å²) < 4.78 is 1.85. The maximum absolute atomic E-state index is 11.3. The van der Waals surface area contributed by atoms with Crippen LogP contribution >= 0.6 is 11.8 Å². The molecule has 1 N–H and O–H groups in total. The molecule has 0 spiro atoms. The van der Waals surface area contributed by atoms with Gasteiger partial charge in [-0.25, -0.2) is 4.68 Å². The van der Waals surface area contributed by atoms with E-state index in [-0.39, 0.29) is 15.4 Å². The SMILES string of the molecule is CCCc1nn(C)c(NCC2(SC)CCC2)c1[N+](=O)[O-]. The Kier molecular flexibility index (Phi) is 4.57. The average molecular weight is 298 g/mol. The van der Waals surface area contributed by atoms with E-state index in [4.69, 9.17) is 0 Å². The molecule has 7 heteroatoms. The summed E-state index contributed by atoms with van der Waals surface area (Å²) in [6, 6.07) is 0. The maximum atomic E-state index is 11.3. The number of hydrogen-bond donors (Lipinski definition) is 1. The predicted molar refractivity (Wildman–Crippen MR) is 82.4 cm³/mol. The first kappa shape index (κ1) is 15.2. The highest BCUT2D eigenvalue weighted by molar-refractivity contribution is 8.00. The first-order valence-corrected chi connectivity index (χ1v) is 8.25. The number of nitrogens with zero attached hydrogens (tertiary/aromatic N) is 3. The molecule has 0 aliphatic heterocycles. The molecule has 1 aromatic rings. The molecular formula is C13H22N4O2S. The zero-order valence-corrected chi connectivity index (χ0v) is 13.1. The first-order valence-electron chi connectivity index (χ1n) is 7.02. The molecule has 1 aliphatic carbocycles. The molecular weight excluding hydrogens is 276 g/mol. The van der Waals surface area contributed by atoms with Crippen LogP contribution in [-0.2, 0) is 13.5 Å². The van der Waals surface area contributed by atoms with Gasteiger partial charge in [-0.05, 0) is 25.5 Å². The van der Waals surface area contributed by atoms with Crippen LogP contribution in [0.4, 0.5) is 11.5 Å². The highest BCUT2D eigenvalue weighted by Crippen LogP contribution is 2.43. The minimum absolute atomic E-state index is 0.143. The van der Waals surface area contributed by atoms with E-state index in [0.717, 1.165) is 13.0 Å². The predicted octanol–water partition coefficient (Wildman–Crippen LogP) is 2.98. The highest BCUT2D eigenvalue weighted by atomic mass is 32.2. The summed E-state index contributed by atoms with van der Waals surface area (Å²) in [5.74, 6) is 0.541. The molecule has 0 aromatic carbocycles. The minimum Gasteiger partial charge on any atom is -0.363 e. The second kappa shape index (κ2) is 6.03. The van der Waals surface area contributed by atoms with Gasteiger partial charge in [-0.15, -0.1) is 0 Å². The number of nitrogens with one attached hydrogen (secondary N) is 1. The number of hydrogen-bond acceptors (Lipinski definition) is 5. The van der Waals surface area contributed by atoms with Gasteiger partial charge in [-0.2, -0.15) is 16.9 Å². The topological polar surface area (TPSA) is 73.0 Å². The van der Waals surface area contributed by atoms with Crippen LogP contribution in [0.3, 0.4) is 0 Å². The third-order valence-electron chi connectivity index (χ3n) is 4.04. The number of rotatable bonds is 7. The first-order chi connectivity index (χ1) is 9.53. The van der Waals surface area contributed by atoms with Crippen LogP contribution in [0, 0.1) is 10.1 Å². The van der Waals surface area contributed by atoms with Gasteiger partial charge >= 0.3 is 5.69 Å². The minimum atomic E-state index is -0.313. The van der Waals surface area contributed by atoms with Gasteiger partial charge in [-0.1, -0.05) is 19.8 Å². The van der Waals surface area contributed by atoms with E-state index in [1.807, 2.05) is 18.7 Å². The van der Waals surface area contributed by atoms with Crippen molar-refractivity contribution in [1.82, 2.24) is 9.78 Å². The van der Waals surface area contributed by atoms with Crippen molar-refractivity contribution in [2.45, 2.75) is 43.8 Å². The third kappa shape index (κ3) is 2.77. The van der Waals surface area contributed by atoms with E-state index in [2.05, 4.69) is 16.7 Å². The van der Waals surface area contributed by atoms with Gasteiger partial charge in [0.1, 0.15) is 5.69 Å². The van der Waals surface area contributed by atoms with Crippen LogP contribution < -0.4 is 5.32 Å². The van der Waals surface area contributed by atoms with Crippen molar-refractivity contribution in [3.63, 3.8) is 0 Å². The smallest absolute Gasteiger partial charge is 0.333 e. The van der Waals surface area contributed by atoms with Crippen molar-refractivity contribution >= 4 is 23.3 Å². The van der Waals surface area contributed by atoms with Crippen molar-refractivity contribution in [1.29, 1.82) is 0 Å². The zero-order chi connectivity index (χ0) is 14.8. The van der Waals surface area contributed by atoms with E-state index in [1.54, 1.807) is 11.7 Å². The molecule has 1 fully saturated rings. The summed E-state index contributed by atoms with van der Waals surface area (Å²) in [5, 5.41) is 18.9. The summed E-state index contributed by atoms with van der Waals surface area (Å²) in [4.78, 5) is 11.0. The Bertz CT molecular complexity index is 491. The molecule has 1 heterocycles. The Morgan fingerprint density at radius 3 is 2.70 bits per heavy atom. The zero-order valence-electron chi connectivity index (χ0n) is 12.3. The summed E-state index contributed by atoms with van der Waals surface area (Å²) in [7, 11) is 1.76. The number of aryl methyl sites for hydroxylation is 2. The Morgan fingerprint density at radius 2 is 2.25 bits per heavy atom. The van der Waals surface area contributed by atoms with Crippen molar-refractivity contribution in [2.24, 2.45) is 7.05 Å². The van der Waals surface area contributed by atoms with Crippen molar-refractivity contribution < 1.29 is 4.92 Å². The molecule has 0 amide bonds. The molecule has 2 rings (SSSR count). The molecule has 112 valence electrons. The van der Waals surface area contributed by atoms with Crippen LogP contribution in [-0.4, -0.2) is 32.3 Å². The largest absolute Gasteiger partial charge is 0.363 e. The molecule has 20 heavy (non-hydrogen) atoms. The monoisotopic (exact) mass is 298 g/mol. The van der Waals surface area contributed by atoms with Crippen LogP contribution in [0.5, 0.6) is 0 Å². The van der Waals surface area contributed by atoms with Crippen LogP contribution in [0.15, 0.2) is 0 Å². The van der Waals surface area contributed by atoms with Crippen molar-refractivity contribution in [3.05, 3.63) is 15.8 Å². The summed E-state index contributed by atoms with van der Waals surface area (Å²) >= 11 is 1.85. The Balaban J connectivity index is 2.19. The maximum Gasteiger partial charge on any atom is 0.333 e. The van der Waals surface area contributed by atoms with Crippen LogP contribution in [0.1, 0.15) is 38.3 Å². The molecule has 0 saturated heterocycles. The average Bonchev–Trinajstić information content (AvgIpc) is 2.65. The lowest BCUT2D eigenvalue weighted by molar-refractivity contribution is -0.384. The summed E-state index contributed by atoms with van der Waals surface area (Å²) in [6.45, 7) is 2.77.